The quantitative estimate of drug-likeness (QED) is 0.752. The van der Waals surface area contributed by atoms with Gasteiger partial charge < -0.3 is 15.7 Å². The molecule has 0 fully saturated rings. The Bertz CT molecular complexity index is 480. The predicted octanol–water partition coefficient (Wildman–Crippen LogP) is 0.0864. The van der Waals surface area contributed by atoms with E-state index in [-0.39, 0.29) is 46.2 Å². The smallest absolute Gasteiger partial charge is 0.115 e. The molecule has 0 amide bonds. The molecular formula is C12H13N2NaO5. The van der Waals surface area contributed by atoms with E-state index in [9.17, 15) is 9.59 Å². The largest absolute Gasteiger partial charge is 0.245 e. The van der Waals surface area contributed by atoms with Gasteiger partial charge in [0.25, 0.3) is 0 Å². The average Bonchev–Trinajstić information content (AvgIpc) is 2.41. The number of nitrogens with zero attached hydrogens (tertiary/aromatic N) is 2. The van der Waals surface area contributed by atoms with Gasteiger partial charge in [-0.05, 0) is 24.3 Å². The third-order valence-corrected chi connectivity index (χ3v) is 1.83. The summed E-state index contributed by atoms with van der Waals surface area (Å²) in [6, 6.07) is 6.97. The number of rotatable bonds is 2. The maximum atomic E-state index is 10.4. The molecule has 0 saturated heterocycles. The average molecular weight is 288 g/mol. The minimum atomic E-state index is -1.13. The maximum absolute atomic E-state index is 10.4. The van der Waals surface area contributed by atoms with Crippen molar-refractivity contribution in [3.05, 3.63) is 60.2 Å². The molecule has 0 aliphatic carbocycles. The van der Waals surface area contributed by atoms with E-state index in [4.69, 9.17) is 10.2 Å². The molecule has 1 aromatic heterocycles. The molecule has 102 valence electrons. The molecule has 0 spiro atoms. The topological polar surface area (TPSA) is 132 Å². The number of carbonyl (C=O) groups is 2. The zero-order valence-electron chi connectivity index (χ0n) is 9.72. The van der Waals surface area contributed by atoms with Crippen molar-refractivity contribution in [1.29, 1.82) is 0 Å². The van der Waals surface area contributed by atoms with E-state index in [2.05, 4.69) is 9.97 Å². The van der Waals surface area contributed by atoms with Gasteiger partial charge in [0.15, 0.2) is 0 Å². The molecule has 2 rings (SSSR count). The third kappa shape index (κ3) is 7.59. The molecule has 0 saturated carbocycles. The molecule has 0 aliphatic rings. The predicted molar refractivity (Wildman–Crippen MR) is 73.2 cm³/mol. The number of hydrogen-bond donors (Lipinski definition) is 2. The Labute approximate surface area is 136 Å². The molecular weight excluding hydrogens is 275 g/mol. The minimum absolute atomic E-state index is 0. The van der Waals surface area contributed by atoms with E-state index in [0.717, 1.165) is 6.07 Å². The van der Waals surface area contributed by atoms with Crippen molar-refractivity contribution in [3.8, 4) is 0 Å². The van der Waals surface area contributed by atoms with Crippen molar-refractivity contribution in [3.63, 3.8) is 0 Å². The monoisotopic (exact) mass is 288 g/mol. The number of hydrogen-bond acceptors (Lipinski definition) is 4. The van der Waals surface area contributed by atoms with Gasteiger partial charge in [-0.1, -0.05) is 6.07 Å². The Morgan fingerprint density at radius 2 is 1.35 bits per heavy atom. The molecule has 7 nitrogen and oxygen atoms in total. The Balaban J connectivity index is 0. The van der Waals surface area contributed by atoms with Crippen LogP contribution < -0.4 is 0 Å². The Kier molecular flexibility index (Phi) is 11.3. The number of carboxylic acids is 2. The summed E-state index contributed by atoms with van der Waals surface area (Å²) in [5.74, 6) is -2.25. The van der Waals surface area contributed by atoms with Crippen molar-refractivity contribution >= 4 is 41.5 Å². The van der Waals surface area contributed by atoms with Crippen LogP contribution in [0.4, 0.5) is 0 Å². The molecule has 4 N–H and O–H groups in total. The first-order valence-corrected chi connectivity index (χ1v) is 4.88. The molecule has 8 heteroatoms. The van der Waals surface area contributed by atoms with Crippen molar-refractivity contribution in [2.75, 3.05) is 0 Å². The summed E-state index contributed by atoms with van der Waals surface area (Å²) in [5.41, 5.74) is -0.0372. The SMILES string of the molecule is O.O=C(O)c1cccc(C(=O)O)c1.[NaH].c1cncnc1. The van der Waals surface area contributed by atoms with Gasteiger partial charge in [0.1, 0.15) is 6.33 Å². The van der Waals surface area contributed by atoms with Crippen LogP contribution in [0, 0.1) is 0 Å². The summed E-state index contributed by atoms with van der Waals surface area (Å²) >= 11 is 0. The first-order valence-electron chi connectivity index (χ1n) is 4.88. The van der Waals surface area contributed by atoms with Gasteiger partial charge in [-0.25, -0.2) is 19.6 Å². The van der Waals surface area contributed by atoms with Crippen LogP contribution >= 0.6 is 0 Å². The van der Waals surface area contributed by atoms with E-state index in [1.54, 1.807) is 18.5 Å². The summed E-state index contributed by atoms with van der Waals surface area (Å²) in [4.78, 5) is 28.1. The summed E-state index contributed by atoms with van der Waals surface area (Å²) in [5, 5.41) is 17.0. The van der Waals surface area contributed by atoms with E-state index in [1.165, 1.54) is 24.5 Å². The summed E-state index contributed by atoms with van der Waals surface area (Å²) in [6.45, 7) is 0. The van der Waals surface area contributed by atoms with Gasteiger partial charge in [-0.3, -0.25) is 0 Å². The second-order valence-corrected chi connectivity index (χ2v) is 3.10. The summed E-state index contributed by atoms with van der Waals surface area (Å²) in [6.07, 6.45) is 4.88. The Hall–Kier alpha value is -1.80. The first-order chi connectivity index (χ1) is 8.61. The van der Waals surface area contributed by atoms with Crippen LogP contribution in [0.3, 0.4) is 0 Å². The van der Waals surface area contributed by atoms with Crippen LogP contribution in [0.1, 0.15) is 20.7 Å². The molecule has 0 radical (unpaired) electrons. The molecule has 0 bridgehead atoms. The standard InChI is InChI=1S/C8H6O4.C4H4N2.Na.H2O.H/c9-7(10)5-2-1-3-6(4-5)8(11)12;1-2-5-4-6-3-1;;;/h1-4H,(H,9,10)(H,11,12);1-4H;;1H2;. The fourth-order valence-electron chi connectivity index (χ4n) is 1.04. The van der Waals surface area contributed by atoms with Gasteiger partial charge in [0.05, 0.1) is 11.1 Å². The van der Waals surface area contributed by atoms with E-state index >= 15 is 0 Å². The number of carboxylic acid groups (broad SMARTS) is 2. The van der Waals surface area contributed by atoms with Crippen molar-refractivity contribution in [2.45, 2.75) is 0 Å². The van der Waals surface area contributed by atoms with Crippen LogP contribution in [0.5, 0.6) is 0 Å². The van der Waals surface area contributed by atoms with E-state index in [1.807, 2.05) is 0 Å². The zero-order valence-corrected chi connectivity index (χ0v) is 9.72. The van der Waals surface area contributed by atoms with Gasteiger partial charge in [0, 0.05) is 12.4 Å². The van der Waals surface area contributed by atoms with Gasteiger partial charge in [-0.2, -0.15) is 0 Å². The van der Waals surface area contributed by atoms with Gasteiger partial charge >= 0.3 is 41.5 Å². The van der Waals surface area contributed by atoms with Crippen LogP contribution in [0.2, 0.25) is 0 Å². The fourth-order valence-corrected chi connectivity index (χ4v) is 1.04. The van der Waals surface area contributed by atoms with E-state index in [0.29, 0.717) is 0 Å². The van der Waals surface area contributed by atoms with E-state index < -0.39 is 11.9 Å². The second kappa shape index (κ2) is 11.1. The summed E-state index contributed by atoms with van der Waals surface area (Å²) in [7, 11) is 0. The molecule has 2 aromatic rings. The second-order valence-electron chi connectivity index (χ2n) is 3.10. The van der Waals surface area contributed by atoms with Gasteiger partial charge in [0.2, 0.25) is 0 Å². The molecule has 20 heavy (non-hydrogen) atoms. The Morgan fingerprint density at radius 3 is 1.60 bits per heavy atom. The minimum Gasteiger partial charge on any atom is -0.245 e. The Morgan fingerprint density at radius 1 is 0.900 bits per heavy atom. The molecule has 0 atom stereocenters. The van der Waals surface area contributed by atoms with Crippen LogP contribution in [-0.2, 0) is 0 Å². The van der Waals surface area contributed by atoms with Crippen LogP contribution in [0.15, 0.2) is 49.1 Å². The third-order valence-electron chi connectivity index (χ3n) is 1.83. The fraction of sp³-hybridized carbons (Fsp3) is 0. The molecule has 1 aromatic carbocycles. The normalized spacial score (nSPS) is 8.00. The zero-order chi connectivity index (χ0) is 13.4. The molecule has 0 unspecified atom stereocenters. The summed E-state index contributed by atoms with van der Waals surface area (Å²) < 4.78 is 0. The van der Waals surface area contributed by atoms with Crippen LogP contribution in [0.25, 0.3) is 0 Å². The number of aromatic nitrogens is 2. The molecule has 0 aliphatic heterocycles. The number of benzene rings is 1. The van der Waals surface area contributed by atoms with Gasteiger partial charge in [-0.15, -0.1) is 0 Å². The van der Waals surface area contributed by atoms with Crippen molar-refractivity contribution < 1.29 is 25.3 Å². The number of aromatic carboxylic acids is 2. The molecule has 1 heterocycles. The van der Waals surface area contributed by atoms with Crippen molar-refractivity contribution in [1.82, 2.24) is 9.97 Å². The van der Waals surface area contributed by atoms with Crippen molar-refractivity contribution in [2.24, 2.45) is 0 Å². The first kappa shape index (κ1) is 20.5. The van der Waals surface area contributed by atoms with Crippen LogP contribution in [-0.4, -0.2) is 67.2 Å². The maximum Gasteiger partial charge on any atom is 0.115 e.